The molecule has 1 spiro atoms. The number of nitrogens with zero attached hydrogens (tertiary/aromatic N) is 3. The van der Waals surface area contributed by atoms with Crippen molar-refractivity contribution < 1.29 is 31.1 Å². The van der Waals surface area contributed by atoms with Crippen LogP contribution >= 0.6 is 0 Å². The van der Waals surface area contributed by atoms with Gasteiger partial charge < -0.3 is 19.7 Å². The van der Waals surface area contributed by atoms with E-state index in [2.05, 4.69) is 34.0 Å². The standard InChI is InChI=1S/C27H35F3N4O4S/c1-17(2)34-9-7-26(8-10-34)13-21(14-26)39(35,36)20-4-5-23(18(3)12-20)32-25-31-15-22(27(28,29)30)24(33-25)38-19-6-11-37-16-19/h4-5,12,15,17,19,21H,6-11,13-14,16H2,1-3H3,(H,31,32,33). The summed E-state index contributed by atoms with van der Waals surface area (Å²) in [5.74, 6) is -0.644. The highest BCUT2D eigenvalue weighted by Crippen LogP contribution is 2.53. The first-order valence-electron chi connectivity index (χ1n) is 13.4. The Hall–Kier alpha value is -2.44. The number of rotatable bonds is 7. The number of sulfone groups is 1. The normalized spacial score (nSPS) is 22.3. The molecular formula is C27H35F3N4O4S. The molecule has 1 atom stereocenters. The van der Waals surface area contributed by atoms with Crippen molar-refractivity contribution in [3.8, 4) is 5.88 Å². The molecule has 0 amide bonds. The first-order valence-corrected chi connectivity index (χ1v) is 15.0. The summed E-state index contributed by atoms with van der Waals surface area (Å²) in [5, 5.41) is 2.52. The molecule has 2 saturated heterocycles. The van der Waals surface area contributed by atoms with Gasteiger partial charge in [-0.15, -0.1) is 0 Å². The SMILES string of the molecule is Cc1cc(S(=O)(=O)C2CC3(CCN(C(C)C)CC3)C2)ccc1Nc1ncc(C(F)(F)F)c(OC2CCOC2)n1. The third-order valence-electron chi connectivity index (χ3n) is 8.35. The van der Waals surface area contributed by atoms with Gasteiger partial charge in [0.25, 0.3) is 0 Å². The van der Waals surface area contributed by atoms with Crippen LogP contribution in [0.2, 0.25) is 0 Å². The molecule has 1 N–H and O–H groups in total. The molecule has 1 aliphatic carbocycles. The lowest BCUT2D eigenvalue weighted by molar-refractivity contribution is -0.139. The zero-order valence-corrected chi connectivity index (χ0v) is 23.2. The Bertz CT molecular complexity index is 1300. The molecule has 0 bridgehead atoms. The largest absolute Gasteiger partial charge is 0.471 e. The van der Waals surface area contributed by atoms with Crippen molar-refractivity contribution in [2.75, 3.05) is 31.6 Å². The Balaban J connectivity index is 1.28. The van der Waals surface area contributed by atoms with Crippen LogP contribution in [0.3, 0.4) is 0 Å². The molecule has 1 aromatic carbocycles. The van der Waals surface area contributed by atoms with E-state index in [1.54, 1.807) is 19.1 Å². The fourth-order valence-corrected chi connectivity index (χ4v) is 7.92. The molecule has 12 heteroatoms. The second-order valence-electron chi connectivity index (χ2n) is 11.3. The van der Waals surface area contributed by atoms with E-state index in [1.165, 1.54) is 6.07 Å². The number of hydrogen-bond donors (Lipinski definition) is 1. The fourth-order valence-electron chi connectivity index (χ4n) is 5.79. The van der Waals surface area contributed by atoms with Crippen molar-refractivity contribution in [2.24, 2.45) is 5.41 Å². The Morgan fingerprint density at radius 3 is 2.51 bits per heavy atom. The summed E-state index contributed by atoms with van der Waals surface area (Å²) in [6, 6.07) is 5.24. The molecule has 1 unspecified atom stereocenters. The highest BCUT2D eigenvalue weighted by molar-refractivity contribution is 7.92. The Morgan fingerprint density at radius 2 is 1.92 bits per heavy atom. The zero-order chi connectivity index (χ0) is 28.0. The maximum absolute atomic E-state index is 13.5. The fraction of sp³-hybridized carbons (Fsp3) is 0.630. The molecule has 5 rings (SSSR count). The van der Waals surface area contributed by atoms with E-state index < -0.39 is 33.6 Å². The molecule has 8 nitrogen and oxygen atoms in total. The average molecular weight is 569 g/mol. The van der Waals surface area contributed by atoms with Gasteiger partial charge in [-0.25, -0.2) is 13.4 Å². The maximum Gasteiger partial charge on any atom is 0.423 e. The van der Waals surface area contributed by atoms with Gasteiger partial charge in [0.1, 0.15) is 11.7 Å². The number of anilines is 2. The molecule has 39 heavy (non-hydrogen) atoms. The van der Waals surface area contributed by atoms with E-state index in [-0.39, 0.29) is 28.1 Å². The first kappa shape index (κ1) is 28.1. The second-order valence-corrected chi connectivity index (χ2v) is 13.5. The summed E-state index contributed by atoms with van der Waals surface area (Å²) in [6.07, 6.45) is -0.594. The molecule has 3 heterocycles. The van der Waals surface area contributed by atoms with Crippen LogP contribution in [0.5, 0.6) is 5.88 Å². The maximum atomic E-state index is 13.5. The summed E-state index contributed by atoms with van der Waals surface area (Å²) < 4.78 is 78.0. The summed E-state index contributed by atoms with van der Waals surface area (Å²) in [7, 11) is -3.49. The topological polar surface area (TPSA) is 93.7 Å². The Kier molecular flexibility index (Phi) is 7.58. The number of hydrogen-bond acceptors (Lipinski definition) is 8. The lowest BCUT2D eigenvalue weighted by Crippen LogP contribution is -2.52. The number of halogens is 3. The Labute approximate surface area is 227 Å². The summed E-state index contributed by atoms with van der Waals surface area (Å²) >= 11 is 0. The van der Waals surface area contributed by atoms with Crippen LogP contribution in [-0.2, 0) is 20.8 Å². The zero-order valence-electron chi connectivity index (χ0n) is 22.4. The molecule has 3 fully saturated rings. The van der Waals surface area contributed by atoms with Gasteiger partial charge in [-0.3, -0.25) is 0 Å². The average Bonchev–Trinajstić information content (AvgIpc) is 3.36. The number of aryl methyl sites for hydroxylation is 1. The van der Waals surface area contributed by atoms with Crippen molar-refractivity contribution in [3.05, 3.63) is 35.5 Å². The number of nitrogens with one attached hydrogen (secondary N) is 1. The minimum absolute atomic E-state index is 0.0794. The smallest absolute Gasteiger partial charge is 0.423 e. The second kappa shape index (κ2) is 10.5. The van der Waals surface area contributed by atoms with Crippen LogP contribution in [0.1, 0.15) is 57.1 Å². The lowest BCUT2D eigenvalue weighted by Gasteiger charge is -2.52. The van der Waals surface area contributed by atoms with Crippen molar-refractivity contribution in [2.45, 2.75) is 81.3 Å². The minimum Gasteiger partial charge on any atom is -0.471 e. The quantitative estimate of drug-likeness (QED) is 0.491. The van der Waals surface area contributed by atoms with Crippen LogP contribution in [-0.4, -0.2) is 67.0 Å². The van der Waals surface area contributed by atoms with Crippen molar-refractivity contribution in [1.82, 2.24) is 14.9 Å². The molecule has 1 saturated carbocycles. The number of benzene rings is 1. The summed E-state index contributed by atoms with van der Waals surface area (Å²) in [5.41, 5.74) is 0.177. The van der Waals surface area contributed by atoms with Gasteiger partial charge in [0, 0.05) is 24.3 Å². The molecule has 214 valence electrons. The van der Waals surface area contributed by atoms with E-state index in [9.17, 15) is 21.6 Å². The van der Waals surface area contributed by atoms with E-state index in [4.69, 9.17) is 9.47 Å². The number of ether oxygens (including phenoxy) is 2. The van der Waals surface area contributed by atoms with Gasteiger partial charge in [-0.1, -0.05) is 0 Å². The third kappa shape index (κ3) is 5.88. The number of likely N-dealkylation sites (tertiary alicyclic amines) is 1. The van der Waals surface area contributed by atoms with Gasteiger partial charge in [-0.2, -0.15) is 18.2 Å². The van der Waals surface area contributed by atoms with Crippen LogP contribution in [0.4, 0.5) is 24.8 Å². The monoisotopic (exact) mass is 568 g/mol. The van der Waals surface area contributed by atoms with Crippen molar-refractivity contribution in [1.29, 1.82) is 0 Å². The van der Waals surface area contributed by atoms with E-state index >= 15 is 0 Å². The van der Waals surface area contributed by atoms with Crippen LogP contribution in [0.25, 0.3) is 0 Å². The summed E-state index contributed by atoms with van der Waals surface area (Å²) in [6.45, 7) is 8.74. The van der Waals surface area contributed by atoms with Crippen LogP contribution in [0.15, 0.2) is 29.3 Å². The van der Waals surface area contributed by atoms with E-state index in [0.717, 1.165) is 25.9 Å². The van der Waals surface area contributed by atoms with Gasteiger partial charge in [0.15, 0.2) is 9.84 Å². The Morgan fingerprint density at radius 1 is 1.21 bits per heavy atom. The van der Waals surface area contributed by atoms with Gasteiger partial charge >= 0.3 is 6.18 Å². The van der Waals surface area contributed by atoms with Gasteiger partial charge in [-0.05, 0) is 88.7 Å². The van der Waals surface area contributed by atoms with Crippen LogP contribution in [0, 0.1) is 12.3 Å². The van der Waals surface area contributed by atoms with Crippen molar-refractivity contribution in [3.63, 3.8) is 0 Å². The number of piperidine rings is 1. The minimum atomic E-state index is -4.68. The number of alkyl halides is 3. The van der Waals surface area contributed by atoms with Crippen LogP contribution < -0.4 is 10.1 Å². The number of aromatic nitrogens is 2. The highest BCUT2D eigenvalue weighted by Gasteiger charge is 2.51. The predicted molar refractivity (Wildman–Crippen MR) is 140 cm³/mol. The highest BCUT2D eigenvalue weighted by atomic mass is 32.2. The first-order chi connectivity index (χ1) is 18.4. The van der Waals surface area contributed by atoms with Crippen molar-refractivity contribution >= 4 is 21.5 Å². The van der Waals surface area contributed by atoms with Gasteiger partial charge in [0.05, 0.1) is 23.4 Å². The third-order valence-corrected chi connectivity index (χ3v) is 10.5. The molecule has 2 aromatic rings. The van der Waals surface area contributed by atoms with E-state index in [1.807, 2.05) is 0 Å². The molecule has 0 radical (unpaired) electrons. The predicted octanol–water partition coefficient (Wildman–Crippen LogP) is 5.14. The van der Waals surface area contributed by atoms with E-state index in [0.29, 0.717) is 49.4 Å². The molecule has 1 aromatic heterocycles. The lowest BCUT2D eigenvalue weighted by atomic mass is 9.63. The molecule has 2 aliphatic heterocycles. The molecule has 3 aliphatic rings. The molecular weight excluding hydrogens is 533 g/mol. The van der Waals surface area contributed by atoms with Gasteiger partial charge in [0.2, 0.25) is 11.8 Å². The summed E-state index contributed by atoms with van der Waals surface area (Å²) in [4.78, 5) is 10.5.